The molecule has 3 heteroatoms. The number of carbonyl (C=O) groups excluding carboxylic acids is 1. The molecule has 1 rings (SSSR count). The van der Waals surface area contributed by atoms with Crippen LogP contribution in [0.4, 0.5) is 0 Å². The lowest BCUT2D eigenvalue weighted by atomic mass is 9.99. The van der Waals surface area contributed by atoms with Crippen LogP contribution in [0.2, 0.25) is 0 Å². The SMILES string of the molecule is CCC[C@@H](N)C(=O)N[C@@H](C)C1CCCC1. The molecule has 0 unspecified atom stereocenters. The summed E-state index contributed by atoms with van der Waals surface area (Å²) < 4.78 is 0. The molecule has 88 valence electrons. The average molecular weight is 212 g/mol. The van der Waals surface area contributed by atoms with E-state index in [0.29, 0.717) is 12.0 Å². The summed E-state index contributed by atoms with van der Waals surface area (Å²) in [5, 5.41) is 3.04. The van der Waals surface area contributed by atoms with Crippen molar-refractivity contribution < 1.29 is 4.79 Å². The minimum Gasteiger partial charge on any atom is -0.352 e. The molecule has 1 aliphatic rings. The molecule has 0 aromatic rings. The highest BCUT2D eigenvalue weighted by Crippen LogP contribution is 2.27. The third-order valence-electron chi connectivity index (χ3n) is 3.41. The van der Waals surface area contributed by atoms with Crippen LogP contribution in [0.5, 0.6) is 0 Å². The number of carbonyl (C=O) groups is 1. The summed E-state index contributed by atoms with van der Waals surface area (Å²) in [5.74, 6) is 0.694. The number of amides is 1. The van der Waals surface area contributed by atoms with Crippen molar-refractivity contribution in [1.29, 1.82) is 0 Å². The monoisotopic (exact) mass is 212 g/mol. The summed E-state index contributed by atoms with van der Waals surface area (Å²) in [6.07, 6.45) is 6.88. The van der Waals surface area contributed by atoms with E-state index in [-0.39, 0.29) is 11.9 Å². The lowest BCUT2D eigenvalue weighted by Crippen LogP contribution is -2.46. The zero-order chi connectivity index (χ0) is 11.3. The molecule has 1 aliphatic carbocycles. The fourth-order valence-corrected chi connectivity index (χ4v) is 2.35. The largest absolute Gasteiger partial charge is 0.352 e. The molecule has 1 amide bonds. The average Bonchev–Trinajstić information content (AvgIpc) is 2.70. The standard InChI is InChI=1S/C12H24N2O/c1-3-6-11(13)12(15)14-9(2)10-7-4-5-8-10/h9-11H,3-8,13H2,1-2H3,(H,14,15)/t9-,11+/m0/s1. The third-order valence-corrected chi connectivity index (χ3v) is 3.41. The molecule has 3 nitrogen and oxygen atoms in total. The predicted molar refractivity (Wildman–Crippen MR) is 62.4 cm³/mol. The van der Waals surface area contributed by atoms with Crippen molar-refractivity contribution in [2.75, 3.05) is 0 Å². The smallest absolute Gasteiger partial charge is 0.237 e. The van der Waals surface area contributed by atoms with Crippen molar-refractivity contribution in [1.82, 2.24) is 5.32 Å². The van der Waals surface area contributed by atoms with Crippen LogP contribution in [0, 0.1) is 5.92 Å². The Hall–Kier alpha value is -0.570. The lowest BCUT2D eigenvalue weighted by Gasteiger charge is -2.22. The molecule has 0 saturated heterocycles. The fourth-order valence-electron chi connectivity index (χ4n) is 2.35. The zero-order valence-corrected chi connectivity index (χ0v) is 9.96. The second-order valence-electron chi connectivity index (χ2n) is 4.74. The van der Waals surface area contributed by atoms with Gasteiger partial charge in [-0.3, -0.25) is 4.79 Å². The number of nitrogens with two attached hydrogens (primary N) is 1. The van der Waals surface area contributed by atoms with Gasteiger partial charge in [-0.25, -0.2) is 0 Å². The van der Waals surface area contributed by atoms with Crippen LogP contribution in [0.25, 0.3) is 0 Å². The Balaban J connectivity index is 2.29. The summed E-state index contributed by atoms with van der Waals surface area (Å²) in [7, 11) is 0. The van der Waals surface area contributed by atoms with E-state index in [9.17, 15) is 4.79 Å². The maximum Gasteiger partial charge on any atom is 0.237 e. The summed E-state index contributed by atoms with van der Waals surface area (Å²) >= 11 is 0. The van der Waals surface area contributed by atoms with Crippen LogP contribution in [0.3, 0.4) is 0 Å². The Morgan fingerprint density at radius 1 is 1.47 bits per heavy atom. The first-order valence-electron chi connectivity index (χ1n) is 6.21. The van der Waals surface area contributed by atoms with Gasteiger partial charge in [0.25, 0.3) is 0 Å². The van der Waals surface area contributed by atoms with Gasteiger partial charge in [0.05, 0.1) is 6.04 Å². The second-order valence-corrected chi connectivity index (χ2v) is 4.74. The molecule has 2 atom stereocenters. The maximum atomic E-state index is 11.7. The van der Waals surface area contributed by atoms with E-state index in [1.54, 1.807) is 0 Å². The first-order valence-corrected chi connectivity index (χ1v) is 6.21. The van der Waals surface area contributed by atoms with Gasteiger partial charge in [-0.1, -0.05) is 26.2 Å². The van der Waals surface area contributed by atoms with Gasteiger partial charge in [0.15, 0.2) is 0 Å². The van der Waals surface area contributed by atoms with Crippen molar-refractivity contribution in [2.45, 2.75) is 64.5 Å². The van der Waals surface area contributed by atoms with Gasteiger partial charge in [-0.2, -0.15) is 0 Å². The van der Waals surface area contributed by atoms with E-state index in [1.807, 2.05) is 6.92 Å². The van der Waals surface area contributed by atoms with E-state index in [0.717, 1.165) is 12.8 Å². The van der Waals surface area contributed by atoms with Gasteiger partial charge in [0, 0.05) is 6.04 Å². The Morgan fingerprint density at radius 2 is 2.07 bits per heavy atom. The lowest BCUT2D eigenvalue weighted by molar-refractivity contribution is -0.123. The highest BCUT2D eigenvalue weighted by Gasteiger charge is 2.24. The minimum absolute atomic E-state index is 0.0243. The molecule has 15 heavy (non-hydrogen) atoms. The van der Waals surface area contributed by atoms with Gasteiger partial charge in [0.1, 0.15) is 0 Å². The molecular formula is C12H24N2O. The molecule has 0 heterocycles. The van der Waals surface area contributed by atoms with Crippen molar-refractivity contribution in [3.05, 3.63) is 0 Å². The fraction of sp³-hybridized carbons (Fsp3) is 0.917. The van der Waals surface area contributed by atoms with E-state index in [4.69, 9.17) is 5.73 Å². The van der Waals surface area contributed by atoms with Gasteiger partial charge < -0.3 is 11.1 Å². The molecule has 0 spiro atoms. The Kier molecular flexibility index (Phi) is 5.09. The van der Waals surface area contributed by atoms with E-state index >= 15 is 0 Å². The highest BCUT2D eigenvalue weighted by atomic mass is 16.2. The molecule has 1 fully saturated rings. The molecule has 0 aromatic heterocycles. The summed E-state index contributed by atoms with van der Waals surface area (Å²) in [5.41, 5.74) is 5.76. The van der Waals surface area contributed by atoms with E-state index in [2.05, 4.69) is 12.2 Å². The topological polar surface area (TPSA) is 55.1 Å². The van der Waals surface area contributed by atoms with Crippen LogP contribution in [-0.4, -0.2) is 18.0 Å². The first-order chi connectivity index (χ1) is 7.15. The molecule has 0 aliphatic heterocycles. The second kappa shape index (κ2) is 6.11. The van der Waals surface area contributed by atoms with E-state index < -0.39 is 0 Å². The van der Waals surface area contributed by atoms with Crippen molar-refractivity contribution in [2.24, 2.45) is 11.7 Å². The molecule has 1 saturated carbocycles. The molecule has 0 bridgehead atoms. The summed E-state index contributed by atoms with van der Waals surface area (Å²) in [4.78, 5) is 11.7. The predicted octanol–water partition coefficient (Wildman–Crippen LogP) is 1.81. The van der Waals surface area contributed by atoms with Crippen LogP contribution in [0.1, 0.15) is 52.4 Å². The molecule has 0 aromatic carbocycles. The van der Waals surface area contributed by atoms with E-state index in [1.165, 1.54) is 25.7 Å². The number of hydrogen-bond donors (Lipinski definition) is 2. The van der Waals surface area contributed by atoms with Crippen molar-refractivity contribution in [3.63, 3.8) is 0 Å². The van der Waals surface area contributed by atoms with Crippen LogP contribution < -0.4 is 11.1 Å². The van der Waals surface area contributed by atoms with Gasteiger partial charge in [-0.15, -0.1) is 0 Å². The quantitative estimate of drug-likeness (QED) is 0.730. The zero-order valence-electron chi connectivity index (χ0n) is 9.96. The Labute approximate surface area is 92.8 Å². The summed E-state index contributed by atoms with van der Waals surface area (Å²) in [6.45, 7) is 4.15. The molecule has 0 radical (unpaired) electrons. The van der Waals surface area contributed by atoms with Gasteiger partial charge in [0.2, 0.25) is 5.91 Å². The third kappa shape index (κ3) is 3.82. The number of nitrogens with one attached hydrogen (secondary N) is 1. The van der Waals surface area contributed by atoms with Gasteiger partial charge in [-0.05, 0) is 32.1 Å². The highest BCUT2D eigenvalue weighted by molar-refractivity contribution is 5.81. The normalized spacial score (nSPS) is 21.3. The van der Waals surface area contributed by atoms with Crippen LogP contribution in [0.15, 0.2) is 0 Å². The molecular weight excluding hydrogens is 188 g/mol. The first kappa shape index (κ1) is 12.5. The summed E-state index contributed by atoms with van der Waals surface area (Å²) in [6, 6.07) is -0.0261. The number of hydrogen-bond acceptors (Lipinski definition) is 2. The Morgan fingerprint density at radius 3 is 2.60 bits per heavy atom. The number of rotatable bonds is 5. The van der Waals surface area contributed by atoms with Crippen LogP contribution >= 0.6 is 0 Å². The maximum absolute atomic E-state index is 11.7. The van der Waals surface area contributed by atoms with Crippen molar-refractivity contribution >= 4 is 5.91 Å². The van der Waals surface area contributed by atoms with Crippen LogP contribution in [-0.2, 0) is 4.79 Å². The Bertz CT molecular complexity index is 200. The molecule has 3 N–H and O–H groups in total. The van der Waals surface area contributed by atoms with Crippen molar-refractivity contribution in [3.8, 4) is 0 Å². The minimum atomic E-state index is -0.321. The van der Waals surface area contributed by atoms with Gasteiger partial charge >= 0.3 is 0 Å².